The molecule has 0 aromatic rings. The lowest BCUT2D eigenvalue weighted by molar-refractivity contribution is 1.49. The van der Waals surface area contributed by atoms with Crippen LogP contribution in [0.1, 0.15) is 13.8 Å². The highest BCUT2D eigenvalue weighted by Crippen LogP contribution is 1.96. The number of rotatable bonds is 1. The van der Waals surface area contributed by atoms with E-state index in [4.69, 9.17) is 17.0 Å². The zero-order valence-electron chi connectivity index (χ0n) is 4.46. The highest BCUT2D eigenvalue weighted by Gasteiger charge is 1.78. The highest BCUT2D eigenvalue weighted by molar-refractivity contribution is 6.30. The van der Waals surface area contributed by atoms with Crippen molar-refractivity contribution in [1.82, 2.24) is 0 Å². The van der Waals surface area contributed by atoms with Crippen molar-refractivity contribution in [3.05, 3.63) is 11.1 Å². The first kappa shape index (κ1) is 6.70. The van der Waals surface area contributed by atoms with Crippen LogP contribution in [0.2, 0.25) is 0 Å². The largest absolute Gasteiger partial charge is 0.306 e. The van der Waals surface area contributed by atoms with E-state index in [1.807, 2.05) is 0 Å². The summed E-state index contributed by atoms with van der Waals surface area (Å²) in [5.41, 5.74) is 0.493. The molecule has 0 aromatic heterocycles. The summed E-state index contributed by atoms with van der Waals surface area (Å²) >= 11 is 5.39. The standard InChI is InChI=1S/C5H8ClN/c1-4(6)3-5(2)7/h3,7H,1-2H3/b4-3+,7-5?. The van der Waals surface area contributed by atoms with Crippen LogP contribution in [0, 0.1) is 5.41 Å². The smallest absolute Gasteiger partial charge is 0.0294 e. The maximum Gasteiger partial charge on any atom is 0.0294 e. The fraction of sp³-hybridized carbons (Fsp3) is 0.400. The van der Waals surface area contributed by atoms with Gasteiger partial charge in [0.15, 0.2) is 0 Å². The second-order valence-corrected chi connectivity index (χ2v) is 2.01. The Kier molecular flexibility index (Phi) is 2.68. The predicted octanol–water partition coefficient (Wildman–Crippen LogP) is 2.17. The maximum atomic E-state index is 6.86. The van der Waals surface area contributed by atoms with Crippen molar-refractivity contribution >= 4 is 17.3 Å². The zero-order chi connectivity index (χ0) is 5.86. The van der Waals surface area contributed by atoms with E-state index >= 15 is 0 Å². The van der Waals surface area contributed by atoms with Gasteiger partial charge in [0.2, 0.25) is 0 Å². The summed E-state index contributed by atoms with van der Waals surface area (Å²) in [5.74, 6) is 0. The molecule has 2 heteroatoms. The second kappa shape index (κ2) is 2.80. The van der Waals surface area contributed by atoms with Crippen LogP contribution in [0.3, 0.4) is 0 Å². The molecular formula is C5H8ClN. The lowest BCUT2D eigenvalue weighted by Crippen LogP contribution is -1.77. The molecule has 0 heterocycles. The summed E-state index contributed by atoms with van der Waals surface area (Å²) in [6, 6.07) is 0. The Labute approximate surface area is 48.5 Å². The summed E-state index contributed by atoms with van der Waals surface area (Å²) in [4.78, 5) is 0. The van der Waals surface area contributed by atoms with Crippen molar-refractivity contribution < 1.29 is 0 Å². The van der Waals surface area contributed by atoms with Crippen LogP contribution in [0.4, 0.5) is 0 Å². The van der Waals surface area contributed by atoms with E-state index in [2.05, 4.69) is 0 Å². The molecule has 1 N–H and O–H groups in total. The van der Waals surface area contributed by atoms with Crippen LogP contribution in [-0.4, -0.2) is 5.71 Å². The van der Waals surface area contributed by atoms with Gasteiger partial charge < -0.3 is 5.41 Å². The Morgan fingerprint density at radius 2 is 2.00 bits per heavy atom. The fourth-order valence-corrected chi connectivity index (χ4v) is 0.462. The number of halogens is 1. The van der Waals surface area contributed by atoms with Crippen molar-refractivity contribution in [2.75, 3.05) is 0 Å². The first-order chi connectivity index (χ1) is 3.13. The number of hydrogen-bond acceptors (Lipinski definition) is 1. The third kappa shape index (κ3) is 5.70. The van der Waals surface area contributed by atoms with Gasteiger partial charge in [-0.05, 0) is 19.9 Å². The Hall–Kier alpha value is -0.300. The highest BCUT2D eigenvalue weighted by atomic mass is 35.5. The summed E-state index contributed by atoms with van der Waals surface area (Å²) in [6.07, 6.45) is 1.60. The van der Waals surface area contributed by atoms with E-state index in [-0.39, 0.29) is 0 Å². The van der Waals surface area contributed by atoms with E-state index in [0.29, 0.717) is 10.7 Å². The fourth-order valence-electron chi connectivity index (χ4n) is 0.298. The Morgan fingerprint density at radius 3 is 2.00 bits per heavy atom. The molecule has 0 aliphatic carbocycles. The van der Waals surface area contributed by atoms with Crippen LogP contribution in [0.5, 0.6) is 0 Å². The van der Waals surface area contributed by atoms with Gasteiger partial charge in [0.25, 0.3) is 0 Å². The molecule has 0 saturated carbocycles. The average molecular weight is 118 g/mol. The molecule has 40 valence electrons. The topological polar surface area (TPSA) is 23.9 Å². The lowest BCUT2D eigenvalue weighted by Gasteiger charge is -1.81. The number of nitrogens with one attached hydrogen (secondary N) is 1. The molecule has 0 unspecified atom stereocenters. The monoisotopic (exact) mass is 117 g/mol. The number of hydrogen-bond donors (Lipinski definition) is 1. The van der Waals surface area contributed by atoms with Gasteiger partial charge in [0.1, 0.15) is 0 Å². The van der Waals surface area contributed by atoms with Gasteiger partial charge in [0.05, 0.1) is 0 Å². The van der Waals surface area contributed by atoms with Crippen LogP contribution in [0.15, 0.2) is 11.1 Å². The van der Waals surface area contributed by atoms with Crippen LogP contribution < -0.4 is 0 Å². The molecule has 1 nitrogen and oxygen atoms in total. The minimum Gasteiger partial charge on any atom is -0.306 e. The van der Waals surface area contributed by atoms with Crippen molar-refractivity contribution in [2.45, 2.75) is 13.8 Å². The summed E-state index contributed by atoms with van der Waals surface area (Å²) in [7, 11) is 0. The molecule has 0 saturated heterocycles. The van der Waals surface area contributed by atoms with Crippen LogP contribution in [0.25, 0.3) is 0 Å². The first-order valence-electron chi connectivity index (χ1n) is 2.02. The average Bonchev–Trinajstić information content (AvgIpc) is 1.27. The molecular weight excluding hydrogens is 110 g/mol. The molecule has 0 spiro atoms. The van der Waals surface area contributed by atoms with Crippen LogP contribution >= 0.6 is 11.6 Å². The third-order valence-corrected chi connectivity index (χ3v) is 0.525. The van der Waals surface area contributed by atoms with Crippen molar-refractivity contribution in [3.8, 4) is 0 Å². The molecule has 0 radical (unpaired) electrons. The van der Waals surface area contributed by atoms with Gasteiger partial charge in [-0.15, -0.1) is 0 Å². The SMILES string of the molecule is CC(=N)/C=C(\C)Cl. The number of allylic oxidation sites excluding steroid dienone is 2. The van der Waals surface area contributed by atoms with E-state index < -0.39 is 0 Å². The predicted molar refractivity (Wildman–Crippen MR) is 33.0 cm³/mol. The van der Waals surface area contributed by atoms with Crippen molar-refractivity contribution in [3.63, 3.8) is 0 Å². The molecule has 0 rings (SSSR count). The Balaban J connectivity index is 3.68. The molecule has 7 heavy (non-hydrogen) atoms. The molecule has 0 amide bonds. The molecule has 0 aromatic carbocycles. The van der Waals surface area contributed by atoms with Crippen molar-refractivity contribution in [2.24, 2.45) is 0 Å². The summed E-state index contributed by atoms with van der Waals surface area (Å²) in [6.45, 7) is 3.44. The molecule has 0 bridgehead atoms. The molecule has 0 aliphatic rings. The Bertz CT molecular complexity index is 101. The maximum absolute atomic E-state index is 6.86. The quantitative estimate of drug-likeness (QED) is 0.509. The van der Waals surface area contributed by atoms with Gasteiger partial charge in [-0.1, -0.05) is 11.6 Å². The van der Waals surface area contributed by atoms with Gasteiger partial charge in [-0.2, -0.15) is 0 Å². The van der Waals surface area contributed by atoms with E-state index in [1.54, 1.807) is 19.9 Å². The normalized spacial score (nSPS) is 11.6. The van der Waals surface area contributed by atoms with E-state index in [9.17, 15) is 0 Å². The third-order valence-electron chi connectivity index (χ3n) is 0.415. The van der Waals surface area contributed by atoms with E-state index in [0.717, 1.165) is 0 Å². The summed E-state index contributed by atoms with van der Waals surface area (Å²) in [5, 5.41) is 7.52. The van der Waals surface area contributed by atoms with Crippen LogP contribution in [-0.2, 0) is 0 Å². The van der Waals surface area contributed by atoms with Crippen molar-refractivity contribution in [1.29, 1.82) is 5.41 Å². The lowest BCUT2D eigenvalue weighted by atomic mass is 10.4. The minimum absolute atomic E-state index is 0.493. The van der Waals surface area contributed by atoms with Gasteiger partial charge >= 0.3 is 0 Å². The van der Waals surface area contributed by atoms with Gasteiger partial charge in [0, 0.05) is 10.7 Å². The minimum atomic E-state index is 0.493. The zero-order valence-corrected chi connectivity index (χ0v) is 5.21. The first-order valence-corrected chi connectivity index (χ1v) is 2.39. The summed E-state index contributed by atoms with van der Waals surface area (Å²) < 4.78 is 0. The second-order valence-electron chi connectivity index (χ2n) is 1.41. The van der Waals surface area contributed by atoms with Gasteiger partial charge in [-0.3, -0.25) is 0 Å². The van der Waals surface area contributed by atoms with E-state index in [1.165, 1.54) is 0 Å². The van der Waals surface area contributed by atoms with Gasteiger partial charge in [-0.25, -0.2) is 0 Å². The molecule has 0 aliphatic heterocycles. The molecule has 0 atom stereocenters. The Morgan fingerprint density at radius 1 is 1.57 bits per heavy atom. The molecule has 0 fully saturated rings.